The number of methoxy groups -OCH3 is 1. The molecule has 24 heavy (non-hydrogen) atoms. The third-order valence-corrected chi connectivity index (χ3v) is 4.90. The van der Waals surface area contributed by atoms with Crippen LogP contribution in [-0.2, 0) is 12.1 Å². The van der Waals surface area contributed by atoms with E-state index in [0.29, 0.717) is 12.1 Å². The van der Waals surface area contributed by atoms with Crippen molar-refractivity contribution in [3.05, 3.63) is 65.2 Å². The van der Waals surface area contributed by atoms with Crippen LogP contribution in [0.15, 0.2) is 48.5 Å². The highest BCUT2D eigenvalue weighted by atomic mass is 16.5. The minimum Gasteiger partial charge on any atom is -0.497 e. The number of carbonyl (C=O) groups is 1. The molecule has 2 aromatic rings. The Hall–Kier alpha value is -2.33. The highest BCUT2D eigenvalue weighted by Gasteiger charge is 2.34. The second kappa shape index (κ2) is 7.05. The first kappa shape index (κ1) is 16.5. The van der Waals surface area contributed by atoms with Crippen LogP contribution in [0.5, 0.6) is 5.75 Å². The molecule has 2 aromatic carbocycles. The van der Waals surface area contributed by atoms with Gasteiger partial charge in [-0.2, -0.15) is 0 Å². The van der Waals surface area contributed by atoms with Gasteiger partial charge in [-0.05, 0) is 48.2 Å². The van der Waals surface area contributed by atoms with Crippen molar-refractivity contribution in [3.63, 3.8) is 0 Å². The van der Waals surface area contributed by atoms with Crippen LogP contribution in [0.4, 0.5) is 0 Å². The molecule has 1 saturated carbocycles. The van der Waals surface area contributed by atoms with Crippen molar-refractivity contribution in [1.29, 1.82) is 0 Å². The summed E-state index contributed by atoms with van der Waals surface area (Å²) >= 11 is 0. The van der Waals surface area contributed by atoms with E-state index in [9.17, 15) is 4.79 Å². The van der Waals surface area contributed by atoms with Gasteiger partial charge in [0.15, 0.2) is 0 Å². The van der Waals surface area contributed by atoms with Crippen molar-refractivity contribution in [3.8, 4) is 5.75 Å². The summed E-state index contributed by atoms with van der Waals surface area (Å²) in [6.07, 6.45) is 4.60. The zero-order chi connectivity index (χ0) is 17.0. The second-order valence-corrected chi connectivity index (χ2v) is 6.38. The zero-order valence-corrected chi connectivity index (χ0v) is 13.9. The number of rotatable bonds is 6. The number of hydrogen-bond acceptors (Lipinski definition) is 3. The lowest BCUT2D eigenvalue weighted by Crippen LogP contribution is -2.39. The van der Waals surface area contributed by atoms with Gasteiger partial charge < -0.3 is 15.2 Å². The van der Waals surface area contributed by atoms with Gasteiger partial charge in [0, 0.05) is 12.1 Å². The van der Waals surface area contributed by atoms with Crippen molar-refractivity contribution in [1.82, 2.24) is 5.32 Å². The van der Waals surface area contributed by atoms with Crippen LogP contribution >= 0.6 is 0 Å². The number of nitrogens with one attached hydrogen (secondary N) is 1. The first-order chi connectivity index (χ1) is 11.6. The fourth-order valence-corrected chi connectivity index (χ4v) is 3.54. The Bertz CT molecular complexity index is 703. The van der Waals surface area contributed by atoms with Gasteiger partial charge in [0.25, 0.3) is 0 Å². The predicted octanol–water partition coefficient (Wildman–Crippen LogP) is 3.95. The normalized spacial score (nSPS) is 16.0. The molecule has 126 valence electrons. The van der Waals surface area contributed by atoms with Gasteiger partial charge in [0.1, 0.15) is 5.75 Å². The van der Waals surface area contributed by atoms with Gasteiger partial charge in [-0.25, -0.2) is 4.79 Å². The predicted molar refractivity (Wildman–Crippen MR) is 93.4 cm³/mol. The first-order valence-corrected chi connectivity index (χ1v) is 8.35. The zero-order valence-electron chi connectivity index (χ0n) is 13.9. The van der Waals surface area contributed by atoms with Gasteiger partial charge in [-0.3, -0.25) is 0 Å². The Kier molecular flexibility index (Phi) is 4.86. The van der Waals surface area contributed by atoms with Crippen LogP contribution in [0.25, 0.3) is 0 Å². The maximum Gasteiger partial charge on any atom is 0.335 e. The summed E-state index contributed by atoms with van der Waals surface area (Å²) in [4.78, 5) is 11.1. The van der Waals surface area contributed by atoms with Gasteiger partial charge in [0.05, 0.1) is 12.7 Å². The van der Waals surface area contributed by atoms with Gasteiger partial charge in [-0.1, -0.05) is 37.1 Å². The molecule has 1 aliphatic rings. The molecule has 0 aromatic heterocycles. The van der Waals surface area contributed by atoms with E-state index in [1.54, 1.807) is 25.3 Å². The monoisotopic (exact) mass is 325 g/mol. The highest BCUT2D eigenvalue weighted by molar-refractivity contribution is 5.87. The van der Waals surface area contributed by atoms with E-state index in [2.05, 4.69) is 17.4 Å². The molecule has 0 aliphatic heterocycles. The minimum atomic E-state index is -0.886. The van der Waals surface area contributed by atoms with Crippen LogP contribution in [0, 0.1) is 0 Å². The van der Waals surface area contributed by atoms with Gasteiger partial charge in [-0.15, -0.1) is 0 Å². The van der Waals surface area contributed by atoms with Crippen LogP contribution in [0.2, 0.25) is 0 Å². The Morgan fingerprint density at radius 3 is 2.50 bits per heavy atom. The topological polar surface area (TPSA) is 58.6 Å². The summed E-state index contributed by atoms with van der Waals surface area (Å²) in [6, 6.07) is 15.4. The van der Waals surface area contributed by atoms with Crippen molar-refractivity contribution in [2.45, 2.75) is 37.8 Å². The van der Waals surface area contributed by atoms with Crippen molar-refractivity contribution in [2.24, 2.45) is 0 Å². The molecule has 4 nitrogen and oxygen atoms in total. The molecule has 4 heteroatoms. The number of hydrogen-bond donors (Lipinski definition) is 2. The van der Waals surface area contributed by atoms with Crippen molar-refractivity contribution >= 4 is 5.97 Å². The molecular weight excluding hydrogens is 302 g/mol. The van der Waals surface area contributed by atoms with E-state index in [1.165, 1.54) is 18.4 Å². The fourth-order valence-electron chi connectivity index (χ4n) is 3.54. The Labute approximate surface area is 142 Å². The summed E-state index contributed by atoms with van der Waals surface area (Å²) in [5.74, 6) is -0.0244. The number of ether oxygens (including phenoxy) is 1. The SMILES string of the molecule is COc1ccc(C2(NCc3cccc(C(=O)O)c3)CCCC2)cc1. The smallest absolute Gasteiger partial charge is 0.335 e. The van der Waals surface area contributed by atoms with E-state index in [-0.39, 0.29) is 5.54 Å². The molecule has 0 spiro atoms. The summed E-state index contributed by atoms with van der Waals surface area (Å²) in [5.41, 5.74) is 2.56. The number of carboxylic acid groups (broad SMARTS) is 1. The third-order valence-electron chi connectivity index (χ3n) is 4.90. The lowest BCUT2D eigenvalue weighted by atomic mass is 9.87. The number of benzene rings is 2. The largest absolute Gasteiger partial charge is 0.497 e. The Balaban J connectivity index is 1.78. The molecule has 0 heterocycles. The lowest BCUT2D eigenvalue weighted by molar-refractivity contribution is 0.0696. The van der Waals surface area contributed by atoms with E-state index in [4.69, 9.17) is 9.84 Å². The molecule has 1 aliphatic carbocycles. The van der Waals surface area contributed by atoms with Crippen molar-refractivity contribution < 1.29 is 14.6 Å². The fraction of sp³-hybridized carbons (Fsp3) is 0.350. The molecule has 0 saturated heterocycles. The summed E-state index contributed by atoms with van der Waals surface area (Å²) in [6.45, 7) is 0.660. The highest BCUT2D eigenvalue weighted by Crippen LogP contribution is 2.39. The quantitative estimate of drug-likeness (QED) is 0.844. The average molecular weight is 325 g/mol. The van der Waals surface area contributed by atoms with E-state index in [1.807, 2.05) is 18.2 Å². The average Bonchev–Trinajstić information content (AvgIpc) is 3.10. The van der Waals surface area contributed by atoms with Gasteiger partial charge in [0.2, 0.25) is 0 Å². The molecule has 0 atom stereocenters. The van der Waals surface area contributed by atoms with Crippen LogP contribution in [0.1, 0.15) is 47.2 Å². The summed E-state index contributed by atoms with van der Waals surface area (Å²) in [7, 11) is 1.67. The molecule has 3 rings (SSSR count). The van der Waals surface area contributed by atoms with E-state index < -0.39 is 5.97 Å². The molecular formula is C20H23NO3. The van der Waals surface area contributed by atoms with Crippen molar-refractivity contribution in [2.75, 3.05) is 7.11 Å². The lowest BCUT2D eigenvalue weighted by Gasteiger charge is -2.31. The van der Waals surface area contributed by atoms with Crippen LogP contribution in [0.3, 0.4) is 0 Å². The molecule has 0 radical (unpaired) electrons. The molecule has 2 N–H and O–H groups in total. The van der Waals surface area contributed by atoms with Crippen LogP contribution < -0.4 is 10.1 Å². The minimum absolute atomic E-state index is 0.0362. The summed E-state index contributed by atoms with van der Waals surface area (Å²) in [5, 5.41) is 12.8. The second-order valence-electron chi connectivity index (χ2n) is 6.38. The van der Waals surface area contributed by atoms with E-state index in [0.717, 1.165) is 24.2 Å². The maximum absolute atomic E-state index is 11.1. The first-order valence-electron chi connectivity index (χ1n) is 8.35. The number of aromatic carboxylic acids is 1. The molecule has 0 unspecified atom stereocenters. The summed E-state index contributed by atoms with van der Waals surface area (Å²) < 4.78 is 5.25. The van der Waals surface area contributed by atoms with Gasteiger partial charge >= 0.3 is 5.97 Å². The molecule has 0 bridgehead atoms. The van der Waals surface area contributed by atoms with E-state index >= 15 is 0 Å². The molecule has 1 fully saturated rings. The standard InChI is InChI=1S/C20H23NO3/c1-24-18-9-7-17(8-10-18)20(11-2-3-12-20)21-14-15-5-4-6-16(13-15)19(22)23/h4-10,13,21H,2-3,11-12,14H2,1H3,(H,22,23). The Morgan fingerprint density at radius 1 is 1.17 bits per heavy atom. The molecule has 0 amide bonds. The van der Waals surface area contributed by atoms with Crippen LogP contribution in [-0.4, -0.2) is 18.2 Å². The Morgan fingerprint density at radius 2 is 1.88 bits per heavy atom. The maximum atomic E-state index is 11.1. The number of carboxylic acids is 1. The third kappa shape index (κ3) is 3.44.